The summed E-state index contributed by atoms with van der Waals surface area (Å²) in [5.74, 6) is 0.468. The monoisotopic (exact) mass is 313 g/mol. The van der Waals surface area contributed by atoms with Gasteiger partial charge in [0.15, 0.2) is 0 Å². The van der Waals surface area contributed by atoms with Crippen molar-refractivity contribution < 1.29 is 4.79 Å². The molecule has 23 heavy (non-hydrogen) atoms. The molecule has 6 nitrogen and oxygen atoms in total. The molecule has 122 valence electrons. The van der Waals surface area contributed by atoms with Gasteiger partial charge in [0.25, 0.3) is 5.91 Å². The average molecular weight is 313 g/mol. The van der Waals surface area contributed by atoms with E-state index < -0.39 is 0 Å². The maximum atomic E-state index is 12.3. The van der Waals surface area contributed by atoms with Crippen LogP contribution < -0.4 is 11.1 Å². The topological polar surface area (TPSA) is 84.1 Å². The predicted octanol–water partition coefficient (Wildman–Crippen LogP) is 1.80. The van der Waals surface area contributed by atoms with E-state index in [1.165, 1.54) is 6.20 Å². The summed E-state index contributed by atoms with van der Waals surface area (Å²) in [4.78, 5) is 22.5. The SMILES string of the molecule is CC.Nc1cnc(-c2ccc(C(=O)N3CCNCC3)cc2)cn1. The van der Waals surface area contributed by atoms with Crippen molar-refractivity contribution in [2.75, 3.05) is 31.9 Å². The number of benzene rings is 1. The minimum Gasteiger partial charge on any atom is -0.382 e. The zero-order valence-corrected chi connectivity index (χ0v) is 13.6. The molecule has 1 aromatic heterocycles. The number of carbonyl (C=O) groups excluding carboxylic acids is 1. The van der Waals surface area contributed by atoms with E-state index in [0.717, 1.165) is 37.4 Å². The first-order chi connectivity index (χ1) is 11.2. The van der Waals surface area contributed by atoms with Crippen molar-refractivity contribution in [3.8, 4) is 11.3 Å². The Balaban J connectivity index is 0.000000924. The van der Waals surface area contributed by atoms with Gasteiger partial charge in [0.2, 0.25) is 0 Å². The first kappa shape index (κ1) is 16.9. The van der Waals surface area contributed by atoms with E-state index in [2.05, 4.69) is 15.3 Å². The lowest BCUT2D eigenvalue weighted by Gasteiger charge is -2.27. The Hall–Kier alpha value is -2.47. The number of anilines is 1. The fourth-order valence-corrected chi connectivity index (χ4v) is 2.32. The van der Waals surface area contributed by atoms with Gasteiger partial charge in [0, 0.05) is 37.3 Å². The molecule has 1 aliphatic heterocycles. The summed E-state index contributed by atoms with van der Waals surface area (Å²) in [6.45, 7) is 7.21. The molecule has 0 atom stereocenters. The Bertz CT molecular complexity index is 618. The molecule has 6 heteroatoms. The highest BCUT2D eigenvalue weighted by Crippen LogP contribution is 2.18. The van der Waals surface area contributed by atoms with E-state index in [1.807, 2.05) is 43.0 Å². The maximum Gasteiger partial charge on any atom is 0.253 e. The molecule has 0 spiro atoms. The van der Waals surface area contributed by atoms with Crippen molar-refractivity contribution in [2.45, 2.75) is 13.8 Å². The van der Waals surface area contributed by atoms with E-state index in [-0.39, 0.29) is 5.91 Å². The number of nitrogen functional groups attached to an aromatic ring is 1. The van der Waals surface area contributed by atoms with Crippen molar-refractivity contribution in [3.63, 3.8) is 0 Å². The number of nitrogens with zero attached hydrogens (tertiary/aromatic N) is 3. The Morgan fingerprint density at radius 1 is 1.09 bits per heavy atom. The van der Waals surface area contributed by atoms with E-state index in [1.54, 1.807) is 6.20 Å². The Morgan fingerprint density at radius 3 is 2.30 bits per heavy atom. The molecule has 0 saturated carbocycles. The van der Waals surface area contributed by atoms with Crippen LogP contribution in [0.1, 0.15) is 24.2 Å². The average Bonchev–Trinajstić information content (AvgIpc) is 2.64. The van der Waals surface area contributed by atoms with Crippen molar-refractivity contribution >= 4 is 11.7 Å². The number of amides is 1. The van der Waals surface area contributed by atoms with Gasteiger partial charge in [-0.25, -0.2) is 4.98 Å². The molecule has 0 aliphatic carbocycles. The number of hydrogen-bond acceptors (Lipinski definition) is 5. The third-order valence-electron chi connectivity index (χ3n) is 3.50. The second-order valence-corrected chi connectivity index (χ2v) is 4.95. The van der Waals surface area contributed by atoms with Crippen LogP contribution >= 0.6 is 0 Å². The van der Waals surface area contributed by atoms with Gasteiger partial charge in [-0.3, -0.25) is 9.78 Å². The third-order valence-corrected chi connectivity index (χ3v) is 3.50. The molecule has 3 N–H and O–H groups in total. The maximum absolute atomic E-state index is 12.3. The van der Waals surface area contributed by atoms with Crippen LogP contribution in [0.3, 0.4) is 0 Å². The number of carbonyl (C=O) groups is 1. The molecule has 1 fully saturated rings. The quantitative estimate of drug-likeness (QED) is 0.883. The summed E-state index contributed by atoms with van der Waals surface area (Å²) in [7, 11) is 0. The van der Waals surface area contributed by atoms with Crippen molar-refractivity contribution in [3.05, 3.63) is 42.2 Å². The fraction of sp³-hybridized carbons (Fsp3) is 0.353. The van der Waals surface area contributed by atoms with E-state index in [0.29, 0.717) is 11.4 Å². The highest BCUT2D eigenvalue weighted by molar-refractivity contribution is 5.94. The highest BCUT2D eigenvalue weighted by atomic mass is 16.2. The van der Waals surface area contributed by atoms with Gasteiger partial charge in [0.1, 0.15) is 5.82 Å². The zero-order chi connectivity index (χ0) is 16.7. The summed E-state index contributed by atoms with van der Waals surface area (Å²) in [5.41, 5.74) is 7.88. The van der Waals surface area contributed by atoms with Crippen LogP contribution in [0.15, 0.2) is 36.7 Å². The van der Waals surface area contributed by atoms with Crippen molar-refractivity contribution in [1.29, 1.82) is 0 Å². The molecule has 1 amide bonds. The van der Waals surface area contributed by atoms with Gasteiger partial charge in [-0.15, -0.1) is 0 Å². The molecule has 1 aliphatic rings. The highest BCUT2D eigenvalue weighted by Gasteiger charge is 2.17. The summed E-state index contributed by atoms with van der Waals surface area (Å²) in [5, 5.41) is 3.24. The number of nitrogens with two attached hydrogens (primary N) is 1. The molecule has 1 saturated heterocycles. The van der Waals surface area contributed by atoms with E-state index >= 15 is 0 Å². The third kappa shape index (κ3) is 4.26. The van der Waals surface area contributed by atoms with Crippen LogP contribution in [0.25, 0.3) is 11.3 Å². The molecule has 0 radical (unpaired) electrons. The molecule has 0 bridgehead atoms. The number of rotatable bonds is 2. The van der Waals surface area contributed by atoms with Crippen LogP contribution in [-0.2, 0) is 0 Å². The minimum atomic E-state index is 0.0754. The summed E-state index contributed by atoms with van der Waals surface area (Å²) in [6.07, 6.45) is 3.15. The lowest BCUT2D eigenvalue weighted by molar-refractivity contribution is 0.0736. The van der Waals surface area contributed by atoms with Crippen molar-refractivity contribution in [2.24, 2.45) is 0 Å². The lowest BCUT2D eigenvalue weighted by Crippen LogP contribution is -2.46. The molecule has 1 aromatic carbocycles. The smallest absolute Gasteiger partial charge is 0.253 e. The van der Waals surface area contributed by atoms with Crippen LogP contribution in [0.4, 0.5) is 5.82 Å². The van der Waals surface area contributed by atoms with Gasteiger partial charge in [-0.05, 0) is 12.1 Å². The van der Waals surface area contributed by atoms with Gasteiger partial charge in [0.05, 0.1) is 18.1 Å². The number of nitrogens with one attached hydrogen (secondary N) is 1. The number of hydrogen-bond donors (Lipinski definition) is 2. The van der Waals surface area contributed by atoms with Gasteiger partial charge in [-0.2, -0.15) is 0 Å². The predicted molar refractivity (Wildman–Crippen MR) is 92.0 cm³/mol. The van der Waals surface area contributed by atoms with Crippen LogP contribution in [0, 0.1) is 0 Å². The Labute approximate surface area is 136 Å². The second-order valence-electron chi connectivity index (χ2n) is 4.95. The van der Waals surface area contributed by atoms with Crippen LogP contribution in [0.2, 0.25) is 0 Å². The van der Waals surface area contributed by atoms with Gasteiger partial charge in [-0.1, -0.05) is 26.0 Å². The fourth-order valence-electron chi connectivity index (χ4n) is 2.32. The first-order valence-electron chi connectivity index (χ1n) is 7.92. The zero-order valence-electron chi connectivity index (χ0n) is 13.6. The number of piperazine rings is 1. The molecule has 2 heterocycles. The molecule has 0 unspecified atom stereocenters. The van der Waals surface area contributed by atoms with Crippen LogP contribution in [0.5, 0.6) is 0 Å². The van der Waals surface area contributed by atoms with Gasteiger partial charge < -0.3 is 16.0 Å². The summed E-state index contributed by atoms with van der Waals surface area (Å²) in [6, 6.07) is 7.43. The molecule has 2 aromatic rings. The Morgan fingerprint density at radius 2 is 1.74 bits per heavy atom. The minimum absolute atomic E-state index is 0.0754. The normalized spacial score (nSPS) is 13.9. The Kier molecular flexibility index (Phi) is 6.05. The molecule has 3 rings (SSSR count). The van der Waals surface area contributed by atoms with Crippen molar-refractivity contribution in [1.82, 2.24) is 20.2 Å². The standard InChI is InChI=1S/C15H17N5O.C2H6/c16-14-10-18-13(9-19-14)11-1-3-12(4-2-11)15(21)20-7-5-17-6-8-20;1-2/h1-4,9-10,17H,5-8H2,(H2,16,19);1-2H3. The van der Waals surface area contributed by atoms with E-state index in [9.17, 15) is 4.79 Å². The lowest BCUT2D eigenvalue weighted by atomic mass is 10.1. The first-order valence-corrected chi connectivity index (χ1v) is 7.92. The molecular weight excluding hydrogens is 290 g/mol. The molecular formula is C17H23N5O. The largest absolute Gasteiger partial charge is 0.382 e. The summed E-state index contributed by atoms with van der Waals surface area (Å²) >= 11 is 0. The van der Waals surface area contributed by atoms with Gasteiger partial charge >= 0.3 is 0 Å². The second kappa shape index (κ2) is 8.24. The van der Waals surface area contributed by atoms with Crippen LogP contribution in [-0.4, -0.2) is 47.0 Å². The number of aromatic nitrogens is 2. The van der Waals surface area contributed by atoms with E-state index in [4.69, 9.17) is 5.73 Å². The summed E-state index contributed by atoms with van der Waals surface area (Å²) < 4.78 is 0.